The molecule has 0 aromatic rings. The number of ether oxygens (including phenoxy) is 1. The molecule has 0 heterocycles. The molecule has 0 aromatic carbocycles. The lowest BCUT2D eigenvalue weighted by Crippen LogP contribution is -1.98. The molecule has 0 fully saturated rings. The molecule has 0 aromatic heterocycles. The van der Waals surface area contributed by atoms with Crippen LogP contribution >= 0.6 is 24.0 Å². The monoisotopic (exact) mass is 164 g/mol. The third-order valence-electron chi connectivity index (χ3n) is 0.798. The lowest BCUT2D eigenvalue weighted by molar-refractivity contribution is 0.312. The molecule has 0 N–H and O–H groups in total. The van der Waals surface area contributed by atoms with Crippen molar-refractivity contribution in [3.8, 4) is 0 Å². The number of thiocarbonyl (C=S) groups is 1. The zero-order chi connectivity index (χ0) is 7.11. The van der Waals surface area contributed by atoms with Crippen LogP contribution in [0.3, 0.4) is 0 Å². The predicted molar refractivity (Wildman–Crippen MR) is 47.2 cm³/mol. The quantitative estimate of drug-likeness (QED) is 0.465. The molecule has 0 rings (SSSR count). The van der Waals surface area contributed by atoms with Gasteiger partial charge in [-0.05, 0) is 30.6 Å². The first-order chi connectivity index (χ1) is 4.27. The smallest absolute Gasteiger partial charge is 0.156 e. The highest BCUT2D eigenvalue weighted by Crippen LogP contribution is 1.95. The van der Waals surface area contributed by atoms with Gasteiger partial charge in [0.25, 0.3) is 0 Å². The Hall–Kier alpha value is 0.240. The van der Waals surface area contributed by atoms with Crippen LogP contribution in [-0.2, 0) is 4.74 Å². The molecule has 0 saturated heterocycles. The van der Waals surface area contributed by atoms with E-state index in [1.165, 1.54) is 0 Å². The molecule has 0 aliphatic rings. The van der Waals surface area contributed by atoms with Crippen LogP contribution in [0.15, 0.2) is 0 Å². The van der Waals surface area contributed by atoms with Crippen molar-refractivity contribution in [2.45, 2.75) is 13.3 Å². The van der Waals surface area contributed by atoms with Crippen molar-refractivity contribution in [2.75, 3.05) is 18.6 Å². The first kappa shape index (κ1) is 9.24. The van der Waals surface area contributed by atoms with Crippen molar-refractivity contribution in [1.82, 2.24) is 0 Å². The van der Waals surface area contributed by atoms with Crippen LogP contribution in [0.2, 0.25) is 0 Å². The number of rotatable bonds is 4. The molecule has 9 heavy (non-hydrogen) atoms. The third-order valence-corrected chi connectivity index (χ3v) is 1.61. The Kier molecular flexibility index (Phi) is 6.53. The number of hydrogen-bond acceptors (Lipinski definition) is 3. The van der Waals surface area contributed by atoms with E-state index in [2.05, 4.69) is 6.26 Å². The lowest BCUT2D eigenvalue weighted by Gasteiger charge is -2.00. The first-order valence-corrected chi connectivity index (χ1v) is 4.70. The van der Waals surface area contributed by atoms with Gasteiger partial charge in [-0.3, -0.25) is 0 Å². The molecule has 0 aliphatic carbocycles. The molecule has 0 unspecified atom stereocenters. The fraction of sp³-hybridized carbons (Fsp3) is 0.833. The van der Waals surface area contributed by atoms with Crippen molar-refractivity contribution in [3.05, 3.63) is 0 Å². The van der Waals surface area contributed by atoms with E-state index in [-0.39, 0.29) is 0 Å². The summed E-state index contributed by atoms with van der Waals surface area (Å²) >= 11 is 6.55. The molecule has 0 bridgehead atoms. The van der Waals surface area contributed by atoms with Crippen LogP contribution in [0.1, 0.15) is 13.3 Å². The van der Waals surface area contributed by atoms with Crippen LogP contribution in [0.25, 0.3) is 0 Å². The van der Waals surface area contributed by atoms with Gasteiger partial charge < -0.3 is 4.74 Å². The molecular weight excluding hydrogens is 152 g/mol. The second-order valence-electron chi connectivity index (χ2n) is 1.69. The van der Waals surface area contributed by atoms with E-state index in [9.17, 15) is 0 Å². The summed E-state index contributed by atoms with van der Waals surface area (Å²) < 4.78 is 5.06. The van der Waals surface area contributed by atoms with Crippen molar-refractivity contribution in [3.63, 3.8) is 0 Å². The predicted octanol–water partition coefficient (Wildman–Crippen LogP) is 2.10. The molecule has 0 atom stereocenters. The Morgan fingerprint density at radius 1 is 1.67 bits per heavy atom. The van der Waals surface area contributed by atoms with Crippen molar-refractivity contribution in [2.24, 2.45) is 0 Å². The third kappa shape index (κ3) is 8.24. The maximum Gasteiger partial charge on any atom is 0.156 e. The van der Waals surface area contributed by atoms with E-state index in [4.69, 9.17) is 17.0 Å². The van der Waals surface area contributed by atoms with Crippen LogP contribution in [0.4, 0.5) is 0 Å². The van der Waals surface area contributed by atoms with E-state index in [1.807, 2.05) is 11.8 Å². The normalized spacial score (nSPS) is 9.11. The molecule has 0 aliphatic heterocycles. The largest absolute Gasteiger partial charge is 0.487 e. The van der Waals surface area contributed by atoms with Crippen molar-refractivity contribution < 1.29 is 4.74 Å². The SMILES string of the molecule is CSCCCOC(C)=S. The van der Waals surface area contributed by atoms with Gasteiger partial charge in [0.1, 0.15) is 0 Å². The summed E-state index contributed by atoms with van der Waals surface area (Å²) in [5, 5.41) is 0.649. The average molecular weight is 164 g/mol. The summed E-state index contributed by atoms with van der Waals surface area (Å²) in [6.07, 6.45) is 3.18. The fourth-order valence-corrected chi connectivity index (χ4v) is 0.909. The molecule has 0 saturated carbocycles. The van der Waals surface area contributed by atoms with Gasteiger partial charge in [-0.1, -0.05) is 0 Å². The Morgan fingerprint density at radius 3 is 2.78 bits per heavy atom. The molecule has 0 radical (unpaired) electrons. The van der Waals surface area contributed by atoms with Gasteiger partial charge in [0, 0.05) is 6.92 Å². The van der Waals surface area contributed by atoms with Gasteiger partial charge in [0.2, 0.25) is 0 Å². The van der Waals surface area contributed by atoms with E-state index in [0.717, 1.165) is 18.8 Å². The Bertz CT molecular complexity index is 83.1. The zero-order valence-corrected chi connectivity index (χ0v) is 7.48. The minimum atomic E-state index is 0.649. The Morgan fingerprint density at radius 2 is 2.33 bits per heavy atom. The summed E-state index contributed by atoms with van der Waals surface area (Å²) in [6.45, 7) is 2.57. The summed E-state index contributed by atoms with van der Waals surface area (Å²) in [4.78, 5) is 0. The second-order valence-corrected chi connectivity index (χ2v) is 3.25. The average Bonchev–Trinajstić information content (AvgIpc) is 1.80. The van der Waals surface area contributed by atoms with Crippen LogP contribution in [0, 0.1) is 0 Å². The standard InChI is InChI=1S/C6H12OS2/c1-6(8)7-4-3-5-9-2/h3-5H2,1-2H3. The Labute approximate surface area is 66.2 Å². The van der Waals surface area contributed by atoms with E-state index in [0.29, 0.717) is 5.05 Å². The number of hydrogen-bond donors (Lipinski definition) is 0. The van der Waals surface area contributed by atoms with Crippen molar-refractivity contribution >= 4 is 29.0 Å². The number of thioether (sulfide) groups is 1. The first-order valence-electron chi connectivity index (χ1n) is 2.89. The highest BCUT2D eigenvalue weighted by atomic mass is 32.2. The summed E-state index contributed by atoms with van der Waals surface area (Å²) in [5.74, 6) is 1.16. The maximum absolute atomic E-state index is 5.06. The zero-order valence-electron chi connectivity index (χ0n) is 5.85. The van der Waals surface area contributed by atoms with Gasteiger partial charge in [-0.15, -0.1) is 0 Å². The van der Waals surface area contributed by atoms with Gasteiger partial charge in [0.15, 0.2) is 5.05 Å². The van der Waals surface area contributed by atoms with Crippen LogP contribution in [0.5, 0.6) is 0 Å². The fourth-order valence-electron chi connectivity index (χ4n) is 0.419. The van der Waals surface area contributed by atoms with E-state index >= 15 is 0 Å². The minimum Gasteiger partial charge on any atom is -0.487 e. The maximum atomic E-state index is 5.06. The lowest BCUT2D eigenvalue weighted by atomic mass is 10.5. The molecular formula is C6H12OS2. The van der Waals surface area contributed by atoms with Gasteiger partial charge >= 0.3 is 0 Å². The second kappa shape index (κ2) is 6.36. The van der Waals surface area contributed by atoms with E-state index in [1.54, 1.807) is 6.92 Å². The highest BCUT2D eigenvalue weighted by molar-refractivity contribution is 7.98. The molecule has 3 heteroatoms. The van der Waals surface area contributed by atoms with Gasteiger partial charge in [0.05, 0.1) is 6.61 Å². The minimum absolute atomic E-state index is 0.649. The van der Waals surface area contributed by atoms with Crippen LogP contribution in [-0.4, -0.2) is 23.7 Å². The summed E-state index contributed by atoms with van der Waals surface area (Å²) in [5.41, 5.74) is 0. The molecule has 1 nitrogen and oxygen atoms in total. The summed E-state index contributed by atoms with van der Waals surface area (Å²) in [6, 6.07) is 0. The van der Waals surface area contributed by atoms with Gasteiger partial charge in [-0.25, -0.2) is 0 Å². The van der Waals surface area contributed by atoms with Crippen molar-refractivity contribution in [1.29, 1.82) is 0 Å². The van der Waals surface area contributed by atoms with E-state index < -0.39 is 0 Å². The Balaban J connectivity index is 2.83. The molecule has 0 spiro atoms. The topological polar surface area (TPSA) is 9.23 Å². The molecule has 54 valence electrons. The van der Waals surface area contributed by atoms with Crippen LogP contribution < -0.4 is 0 Å². The highest BCUT2D eigenvalue weighted by Gasteiger charge is 1.87. The molecule has 0 amide bonds. The summed E-state index contributed by atoms with van der Waals surface area (Å²) in [7, 11) is 0. The van der Waals surface area contributed by atoms with Gasteiger partial charge in [-0.2, -0.15) is 11.8 Å².